The van der Waals surface area contributed by atoms with Crippen LogP contribution in [0.3, 0.4) is 0 Å². The number of carbonyl (C=O) groups excluding carboxylic acids is 1. The molecule has 0 fully saturated rings. The van der Waals surface area contributed by atoms with Crippen molar-refractivity contribution in [3.05, 3.63) is 59.5 Å². The van der Waals surface area contributed by atoms with Crippen molar-refractivity contribution in [2.45, 2.75) is 13.8 Å². The number of thioether (sulfide) groups is 1. The van der Waals surface area contributed by atoms with Gasteiger partial charge in [-0.1, -0.05) is 37.1 Å². The number of aromatic hydroxyl groups is 1. The Balaban J connectivity index is 3.02. The molecule has 1 N–H and O–H groups in total. The summed E-state index contributed by atoms with van der Waals surface area (Å²) in [4.78, 5) is 13.2. The van der Waals surface area contributed by atoms with Crippen molar-refractivity contribution in [2.75, 3.05) is 0 Å². The van der Waals surface area contributed by atoms with Crippen LogP contribution >= 0.6 is 11.8 Å². The summed E-state index contributed by atoms with van der Waals surface area (Å²) < 4.78 is 0. The van der Waals surface area contributed by atoms with E-state index in [0.29, 0.717) is 5.56 Å². The monoisotopic (exact) mass is 260 g/mol. The normalized spacial score (nSPS) is 11.1. The molecule has 94 valence electrons. The highest BCUT2D eigenvalue weighted by atomic mass is 32.2. The first-order valence-corrected chi connectivity index (χ1v) is 6.27. The second-order valence-corrected chi connectivity index (χ2v) is 5.20. The fourth-order valence-corrected chi connectivity index (χ4v) is 2.22. The van der Waals surface area contributed by atoms with Crippen molar-refractivity contribution >= 4 is 22.5 Å². The first-order chi connectivity index (χ1) is 8.43. The molecule has 1 aromatic carbocycles. The molecule has 0 aliphatic carbocycles. The zero-order valence-corrected chi connectivity index (χ0v) is 11.4. The fraction of sp³-hybridized carbons (Fsp3) is 0.133. The number of carbonyl (C=O) groups is 1. The number of rotatable bonds is 5. The highest BCUT2D eigenvalue weighted by Gasteiger charge is 2.07. The Morgan fingerprint density at radius 2 is 1.89 bits per heavy atom. The molecule has 3 heteroatoms. The van der Waals surface area contributed by atoms with Gasteiger partial charge in [0.1, 0.15) is 5.75 Å². The van der Waals surface area contributed by atoms with Gasteiger partial charge in [-0.15, -0.1) is 0 Å². The van der Waals surface area contributed by atoms with Gasteiger partial charge in [-0.05, 0) is 42.5 Å². The Morgan fingerprint density at radius 3 is 2.44 bits per heavy atom. The lowest BCUT2D eigenvalue weighted by Gasteiger charge is -2.08. The largest absolute Gasteiger partial charge is 0.508 e. The molecule has 0 atom stereocenters. The molecule has 0 saturated carbocycles. The number of phenolic OH excluding ortho intramolecular Hbond substituents is 1. The Hall–Kier alpha value is -1.74. The summed E-state index contributed by atoms with van der Waals surface area (Å²) in [6.45, 7) is 11.0. The lowest BCUT2D eigenvalue weighted by Crippen LogP contribution is -1.93. The summed E-state index contributed by atoms with van der Waals surface area (Å²) in [6, 6.07) is 4.79. The number of Topliss-reactive ketones (excluding diaryl/α,β-unsaturated/α-hetero) is 1. The van der Waals surface area contributed by atoms with E-state index < -0.39 is 0 Å². The summed E-state index contributed by atoms with van der Waals surface area (Å²) in [6.07, 6.45) is 3.59. The summed E-state index contributed by atoms with van der Waals surface area (Å²) in [5.41, 5.74) is 1.24. The van der Waals surface area contributed by atoms with Crippen molar-refractivity contribution in [3.63, 3.8) is 0 Å². The number of allylic oxidation sites excluding steroid dienone is 3. The second-order valence-electron chi connectivity index (χ2n) is 3.86. The lowest BCUT2D eigenvalue weighted by atomic mass is 10.1. The minimum Gasteiger partial charge on any atom is -0.508 e. The van der Waals surface area contributed by atoms with Crippen LogP contribution in [0.2, 0.25) is 0 Å². The maximum absolute atomic E-state index is 11.3. The number of hydrogen-bond donors (Lipinski definition) is 1. The Morgan fingerprint density at radius 1 is 1.28 bits per heavy atom. The molecule has 0 radical (unpaired) electrons. The van der Waals surface area contributed by atoms with Crippen LogP contribution in [0.4, 0.5) is 0 Å². The van der Waals surface area contributed by atoms with E-state index in [1.165, 1.54) is 24.8 Å². The highest BCUT2D eigenvalue weighted by molar-refractivity contribution is 8.11. The van der Waals surface area contributed by atoms with Crippen molar-refractivity contribution in [1.29, 1.82) is 0 Å². The van der Waals surface area contributed by atoms with Crippen LogP contribution < -0.4 is 0 Å². The number of hydrogen-bond acceptors (Lipinski definition) is 3. The fourth-order valence-electron chi connectivity index (χ4n) is 1.43. The predicted molar refractivity (Wildman–Crippen MR) is 78.7 cm³/mol. The maximum Gasteiger partial charge on any atom is 0.159 e. The van der Waals surface area contributed by atoms with E-state index in [0.717, 1.165) is 15.4 Å². The minimum absolute atomic E-state index is 0.0739. The zero-order valence-electron chi connectivity index (χ0n) is 10.6. The topological polar surface area (TPSA) is 37.3 Å². The van der Waals surface area contributed by atoms with Gasteiger partial charge >= 0.3 is 0 Å². The van der Waals surface area contributed by atoms with Gasteiger partial charge in [0.25, 0.3) is 0 Å². The second kappa shape index (κ2) is 6.26. The average Bonchev–Trinajstić information content (AvgIpc) is 2.28. The molecule has 0 aliphatic heterocycles. The van der Waals surface area contributed by atoms with Gasteiger partial charge in [-0.3, -0.25) is 4.79 Å². The van der Waals surface area contributed by atoms with Crippen LogP contribution in [-0.4, -0.2) is 10.9 Å². The Kier molecular flexibility index (Phi) is 4.98. The molecule has 0 bridgehead atoms. The van der Waals surface area contributed by atoms with E-state index in [1.54, 1.807) is 18.2 Å². The smallest absolute Gasteiger partial charge is 0.159 e. The highest BCUT2D eigenvalue weighted by Crippen LogP contribution is 2.33. The van der Waals surface area contributed by atoms with E-state index in [-0.39, 0.29) is 11.5 Å². The quantitative estimate of drug-likeness (QED) is 0.630. The van der Waals surface area contributed by atoms with Crippen molar-refractivity contribution in [1.82, 2.24) is 0 Å². The molecule has 0 aromatic heterocycles. The molecule has 1 aromatic rings. The third-order valence-corrected chi connectivity index (χ3v) is 3.22. The van der Waals surface area contributed by atoms with Crippen LogP contribution in [0, 0.1) is 0 Å². The zero-order chi connectivity index (χ0) is 13.7. The van der Waals surface area contributed by atoms with Crippen molar-refractivity contribution < 1.29 is 9.90 Å². The first-order valence-electron chi connectivity index (χ1n) is 5.45. The van der Waals surface area contributed by atoms with E-state index in [9.17, 15) is 9.90 Å². The van der Waals surface area contributed by atoms with Gasteiger partial charge in [0, 0.05) is 10.5 Å². The summed E-state index contributed by atoms with van der Waals surface area (Å²) in [7, 11) is 0. The van der Waals surface area contributed by atoms with Crippen LogP contribution in [-0.2, 0) is 0 Å². The number of benzene rings is 1. The first kappa shape index (κ1) is 14.3. The Bertz CT molecular complexity index is 527. The average molecular weight is 260 g/mol. The minimum atomic E-state index is -0.0803. The van der Waals surface area contributed by atoms with Gasteiger partial charge in [-0.2, -0.15) is 0 Å². The Labute approximate surface area is 112 Å². The molecule has 1 rings (SSSR count). The SMILES string of the molecule is C=C/C=C(/C)SC(=C)c1cc(O)cc(C(C)=O)c1. The number of phenols is 1. The molecule has 0 amide bonds. The van der Waals surface area contributed by atoms with E-state index >= 15 is 0 Å². The molecular formula is C15H16O2S. The molecule has 2 nitrogen and oxygen atoms in total. The van der Waals surface area contributed by atoms with Gasteiger partial charge < -0.3 is 5.11 Å². The molecule has 18 heavy (non-hydrogen) atoms. The van der Waals surface area contributed by atoms with E-state index in [1.807, 2.05) is 13.0 Å². The third kappa shape index (κ3) is 3.93. The molecule has 0 unspecified atom stereocenters. The summed E-state index contributed by atoms with van der Waals surface area (Å²) >= 11 is 1.48. The lowest BCUT2D eigenvalue weighted by molar-refractivity contribution is 0.101. The van der Waals surface area contributed by atoms with Gasteiger partial charge in [0.2, 0.25) is 0 Å². The van der Waals surface area contributed by atoms with E-state index in [2.05, 4.69) is 13.2 Å². The molecule has 0 spiro atoms. The van der Waals surface area contributed by atoms with Gasteiger partial charge in [0.15, 0.2) is 5.78 Å². The van der Waals surface area contributed by atoms with Gasteiger partial charge in [-0.25, -0.2) is 0 Å². The standard InChI is InChI=1S/C15H16O2S/c1-5-6-10(2)18-12(4)14-7-13(11(3)16)8-15(17)9-14/h5-9,17H,1,4H2,2-3H3/b10-6-. The van der Waals surface area contributed by atoms with Crippen molar-refractivity contribution in [2.24, 2.45) is 0 Å². The molecular weight excluding hydrogens is 244 g/mol. The van der Waals surface area contributed by atoms with Gasteiger partial charge in [0.05, 0.1) is 0 Å². The summed E-state index contributed by atoms with van der Waals surface area (Å²) in [5, 5.41) is 9.60. The van der Waals surface area contributed by atoms with Crippen LogP contribution in [0.5, 0.6) is 5.75 Å². The maximum atomic E-state index is 11.3. The number of ketones is 1. The van der Waals surface area contributed by atoms with Crippen LogP contribution in [0.15, 0.2) is 48.4 Å². The van der Waals surface area contributed by atoms with Crippen LogP contribution in [0.1, 0.15) is 29.8 Å². The molecule has 0 saturated heterocycles. The third-order valence-electron chi connectivity index (χ3n) is 2.28. The molecule has 0 aliphatic rings. The predicted octanol–water partition coefficient (Wildman–Crippen LogP) is 4.39. The van der Waals surface area contributed by atoms with E-state index in [4.69, 9.17) is 0 Å². The summed E-state index contributed by atoms with van der Waals surface area (Å²) in [5.74, 6) is -0.00638. The molecule has 0 heterocycles. The van der Waals surface area contributed by atoms with Crippen molar-refractivity contribution in [3.8, 4) is 5.75 Å². The van der Waals surface area contributed by atoms with Crippen LogP contribution in [0.25, 0.3) is 4.91 Å².